The molecule has 0 heterocycles. The SMILES string of the molecule is C=C1C[C@@H]2[C@H]3CCC4=CC(=O)C=C[C@]4(C)[C@]3(F)[C@H](O)C[C@@]2(C)[C@]1(O)C(=O)COC(C)=O. The molecule has 0 aromatic rings. The van der Waals surface area contributed by atoms with Gasteiger partial charge in [0.25, 0.3) is 0 Å². The van der Waals surface area contributed by atoms with Crippen LogP contribution in [0.5, 0.6) is 0 Å². The molecule has 6 nitrogen and oxygen atoms in total. The van der Waals surface area contributed by atoms with Crippen molar-refractivity contribution < 1.29 is 33.7 Å². The van der Waals surface area contributed by atoms with Crippen molar-refractivity contribution in [2.45, 2.75) is 63.8 Å². The molecule has 0 amide bonds. The third-order valence-corrected chi connectivity index (χ3v) is 8.65. The van der Waals surface area contributed by atoms with E-state index in [0.717, 1.165) is 0 Å². The molecule has 3 fully saturated rings. The summed E-state index contributed by atoms with van der Waals surface area (Å²) in [6.07, 6.45) is 3.86. The van der Waals surface area contributed by atoms with Gasteiger partial charge in [0.2, 0.25) is 5.78 Å². The number of aliphatic hydroxyl groups is 2. The van der Waals surface area contributed by atoms with Crippen LogP contribution in [0.25, 0.3) is 0 Å². The maximum atomic E-state index is 17.0. The third-order valence-electron chi connectivity index (χ3n) is 8.65. The van der Waals surface area contributed by atoms with Crippen molar-refractivity contribution >= 4 is 17.5 Å². The molecule has 0 aromatic carbocycles. The van der Waals surface area contributed by atoms with E-state index < -0.39 is 58.4 Å². The van der Waals surface area contributed by atoms with E-state index in [2.05, 4.69) is 6.58 Å². The molecule has 0 bridgehead atoms. The number of Topliss-reactive ketones (excluding diaryl/α,β-unsaturated/α-hetero) is 1. The first-order valence-corrected chi connectivity index (χ1v) is 10.7. The molecule has 31 heavy (non-hydrogen) atoms. The molecule has 0 aromatic heterocycles. The molecule has 4 aliphatic rings. The van der Waals surface area contributed by atoms with Gasteiger partial charge in [-0.1, -0.05) is 25.2 Å². The zero-order valence-corrected chi connectivity index (χ0v) is 18.1. The molecule has 0 radical (unpaired) electrons. The Labute approximate surface area is 180 Å². The number of fused-ring (bicyclic) bond motifs is 5. The molecule has 3 saturated carbocycles. The van der Waals surface area contributed by atoms with Crippen molar-refractivity contribution in [1.82, 2.24) is 0 Å². The molecule has 0 unspecified atom stereocenters. The van der Waals surface area contributed by atoms with Crippen molar-refractivity contribution in [3.8, 4) is 0 Å². The van der Waals surface area contributed by atoms with Crippen LogP contribution >= 0.6 is 0 Å². The van der Waals surface area contributed by atoms with Crippen molar-refractivity contribution in [3.05, 3.63) is 36.0 Å². The number of halogens is 1. The second kappa shape index (κ2) is 6.69. The van der Waals surface area contributed by atoms with E-state index in [9.17, 15) is 24.6 Å². The van der Waals surface area contributed by atoms with Gasteiger partial charge in [0.05, 0.1) is 6.10 Å². The number of ether oxygens (including phenoxy) is 1. The van der Waals surface area contributed by atoms with Gasteiger partial charge < -0.3 is 14.9 Å². The predicted molar refractivity (Wildman–Crippen MR) is 109 cm³/mol. The normalized spacial score (nSPS) is 46.0. The first-order valence-electron chi connectivity index (χ1n) is 10.7. The van der Waals surface area contributed by atoms with Gasteiger partial charge in [-0.3, -0.25) is 14.4 Å². The summed E-state index contributed by atoms with van der Waals surface area (Å²) in [5, 5.41) is 22.8. The molecule has 7 atom stereocenters. The minimum absolute atomic E-state index is 0.156. The van der Waals surface area contributed by atoms with Crippen LogP contribution in [0.4, 0.5) is 4.39 Å². The Kier molecular flexibility index (Phi) is 4.77. The first kappa shape index (κ1) is 22.1. The number of esters is 1. The standard InChI is InChI=1S/C24H29FO6/c1-13-9-18-17-6-5-15-10-16(27)7-8-21(15,3)23(17,25)19(28)11-22(18,4)24(13,30)20(29)12-31-14(2)26/h7-8,10,17-19,28,30H,1,5-6,9,11-12H2,2-4H3/t17-,18-,19-,21+,22-,23-,24-/m1/s1. The summed E-state index contributed by atoms with van der Waals surface area (Å²) in [5.74, 6) is -2.63. The lowest BCUT2D eigenvalue weighted by atomic mass is 9.44. The number of alkyl halides is 1. The smallest absolute Gasteiger partial charge is 0.303 e. The lowest BCUT2D eigenvalue weighted by Gasteiger charge is -2.62. The average Bonchev–Trinajstić information content (AvgIpc) is 2.89. The zero-order chi connectivity index (χ0) is 23.0. The number of ketones is 2. The third kappa shape index (κ3) is 2.59. The molecule has 0 aliphatic heterocycles. The minimum atomic E-state index is -2.05. The highest BCUT2D eigenvalue weighted by Gasteiger charge is 2.75. The van der Waals surface area contributed by atoms with Crippen molar-refractivity contribution in [3.63, 3.8) is 0 Å². The van der Waals surface area contributed by atoms with Crippen LogP contribution in [0, 0.1) is 22.7 Å². The predicted octanol–water partition coefficient (Wildman–Crippen LogP) is 2.39. The van der Waals surface area contributed by atoms with Gasteiger partial charge in [-0.25, -0.2) is 4.39 Å². The number of hydrogen-bond donors (Lipinski definition) is 2. The van der Waals surface area contributed by atoms with E-state index in [4.69, 9.17) is 4.74 Å². The summed E-state index contributed by atoms with van der Waals surface area (Å²) < 4.78 is 21.8. The summed E-state index contributed by atoms with van der Waals surface area (Å²) in [6, 6.07) is 0. The highest BCUT2D eigenvalue weighted by atomic mass is 19.1. The Bertz CT molecular complexity index is 952. The van der Waals surface area contributed by atoms with E-state index in [1.54, 1.807) is 19.9 Å². The second-order valence-electron chi connectivity index (χ2n) is 9.99. The summed E-state index contributed by atoms with van der Waals surface area (Å²) in [5.41, 5.74) is -5.46. The van der Waals surface area contributed by atoms with Crippen LogP contribution in [-0.2, 0) is 19.1 Å². The summed E-state index contributed by atoms with van der Waals surface area (Å²) in [4.78, 5) is 36.1. The largest absolute Gasteiger partial charge is 0.458 e. The number of hydrogen-bond acceptors (Lipinski definition) is 6. The van der Waals surface area contributed by atoms with Crippen molar-refractivity contribution in [2.75, 3.05) is 6.61 Å². The van der Waals surface area contributed by atoms with E-state index in [1.807, 2.05) is 0 Å². The summed E-state index contributed by atoms with van der Waals surface area (Å²) in [6.45, 7) is 7.90. The molecule has 168 valence electrons. The van der Waals surface area contributed by atoms with Gasteiger partial charge in [0, 0.05) is 23.7 Å². The monoisotopic (exact) mass is 432 g/mol. The topological polar surface area (TPSA) is 101 Å². The number of rotatable bonds is 3. The Morgan fingerprint density at radius 3 is 2.65 bits per heavy atom. The Balaban J connectivity index is 1.77. The van der Waals surface area contributed by atoms with Crippen LogP contribution in [-0.4, -0.2) is 51.7 Å². The molecular weight excluding hydrogens is 403 g/mol. The highest BCUT2D eigenvalue weighted by Crippen LogP contribution is 2.70. The highest BCUT2D eigenvalue weighted by molar-refractivity contribution is 6.01. The Morgan fingerprint density at radius 2 is 2.00 bits per heavy atom. The quantitative estimate of drug-likeness (QED) is 0.525. The number of carbonyl (C=O) groups is 3. The molecule has 4 aliphatic carbocycles. The van der Waals surface area contributed by atoms with Crippen LogP contribution < -0.4 is 0 Å². The lowest BCUT2D eigenvalue weighted by molar-refractivity contribution is -0.215. The maximum Gasteiger partial charge on any atom is 0.303 e. The summed E-state index contributed by atoms with van der Waals surface area (Å²) in [7, 11) is 0. The fourth-order valence-electron chi connectivity index (χ4n) is 6.96. The molecular formula is C24H29FO6. The van der Waals surface area contributed by atoms with Crippen LogP contribution in [0.2, 0.25) is 0 Å². The molecule has 0 spiro atoms. The van der Waals surface area contributed by atoms with E-state index in [1.165, 1.54) is 19.1 Å². The van der Waals surface area contributed by atoms with Gasteiger partial charge >= 0.3 is 5.97 Å². The van der Waals surface area contributed by atoms with Crippen molar-refractivity contribution in [1.29, 1.82) is 0 Å². The van der Waals surface area contributed by atoms with Crippen LogP contribution in [0.3, 0.4) is 0 Å². The fourth-order valence-corrected chi connectivity index (χ4v) is 6.96. The van der Waals surface area contributed by atoms with Gasteiger partial charge in [-0.15, -0.1) is 0 Å². The molecule has 0 saturated heterocycles. The van der Waals surface area contributed by atoms with Crippen LogP contribution in [0.1, 0.15) is 46.5 Å². The molecule has 4 rings (SSSR count). The summed E-state index contributed by atoms with van der Waals surface area (Å²) >= 11 is 0. The number of aliphatic hydroxyl groups excluding tert-OH is 1. The van der Waals surface area contributed by atoms with E-state index in [0.29, 0.717) is 18.4 Å². The van der Waals surface area contributed by atoms with Gasteiger partial charge in [-0.05, 0) is 56.3 Å². The Morgan fingerprint density at radius 1 is 1.32 bits per heavy atom. The Hall–Kier alpha value is -2.12. The van der Waals surface area contributed by atoms with E-state index >= 15 is 4.39 Å². The van der Waals surface area contributed by atoms with Gasteiger partial charge in [-0.2, -0.15) is 0 Å². The minimum Gasteiger partial charge on any atom is -0.458 e. The fraction of sp³-hybridized carbons (Fsp3) is 0.625. The maximum absolute atomic E-state index is 17.0. The van der Waals surface area contributed by atoms with Gasteiger partial charge in [0.1, 0.15) is 0 Å². The van der Waals surface area contributed by atoms with Crippen molar-refractivity contribution in [2.24, 2.45) is 22.7 Å². The van der Waals surface area contributed by atoms with Crippen LogP contribution in [0.15, 0.2) is 36.0 Å². The first-order chi connectivity index (χ1) is 14.3. The average molecular weight is 432 g/mol. The molecule has 2 N–H and O–H groups in total. The second-order valence-corrected chi connectivity index (χ2v) is 9.99. The zero-order valence-electron chi connectivity index (χ0n) is 18.1. The lowest BCUT2D eigenvalue weighted by Crippen LogP contribution is -2.69. The van der Waals surface area contributed by atoms with Gasteiger partial charge in [0.15, 0.2) is 23.7 Å². The number of allylic oxidation sites excluding steroid dienone is 4. The van der Waals surface area contributed by atoms with E-state index in [-0.39, 0.29) is 24.2 Å². The molecule has 7 heteroatoms. The number of carbonyl (C=O) groups excluding carboxylic acids is 3.